The van der Waals surface area contributed by atoms with E-state index in [1.54, 1.807) is 12.4 Å². The Labute approximate surface area is 159 Å². The van der Waals surface area contributed by atoms with Crippen LogP contribution in [0.4, 0.5) is 0 Å². The maximum Gasteiger partial charge on any atom is 0.255 e. The molecule has 2 aromatic heterocycles. The van der Waals surface area contributed by atoms with E-state index in [0.717, 1.165) is 57.0 Å². The first-order chi connectivity index (χ1) is 13.1. The summed E-state index contributed by atoms with van der Waals surface area (Å²) in [5, 5.41) is 4.14. The second-order valence-corrected chi connectivity index (χ2v) is 7.81. The molecule has 7 heteroatoms. The molecular formula is C20H27N5O2. The Bertz CT molecular complexity index is 768. The van der Waals surface area contributed by atoms with Gasteiger partial charge in [0.05, 0.1) is 11.6 Å². The molecule has 4 rings (SSSR count). The predicted molar refractivity (Wildman–Crippen MR) is 100 cm³/mol. The van der Waals surface area contributed by atoms with E-state index in [0.29, 0.717) is 11.6 Å². The number of hydrogen-bond acceptors (Lipinski definition) is 6. The number of nitrogens with zero attached hydrogens (tertiary/aromatic N) is 5. The van der Waals surface area contributed by atoms with Crippen LogP contribution in [-0.4, -0.2) is 56.5 Å². The molecule has 1 atom stereocenters. The first-order valence-corrected chi connectivity index (χ1v) is 9.92. The zero-order valence-corrected chi connectivity index (χ0v) is 16.0. The Balaban J connectivity index is 1.39. The normalized spacial score (nSPS) is 21.9. The van der Waals surface area contributed by atoms with Crippen LogP contribution in [0.15, 0.2) is 29.0 Å². The molecule has 144 valence electrons. The van der Waals surface area contributed by atoms with Crippen LogP contribution >= 0.6 is 0 Å². The van der Waals surface area contributed by atoms with Gasteiger partial charge in [-0.05, 0) is 44.4 Å². The Kier molecular flexibility index (Phi) is 5.20. The van der Waals surface area contributed by atoms with Crippen molar-refractivity contribution in [2.45, 2.75) is 57.5 Å². The molecule has 27 heavy (non-hydrogen) atoms. The molecule has 2 aliphatic heterocycles. The molecule has 0 bridgehead atoms. The molecule has 0 spiro atoms. The number of likely N-dealkylation sites (tertiary alicyclic amines) is 2. The van der Waals surface area contributed by atoms with Gasteiger partial charge in [0.2, 0.25) is 5.89 Å². The van der Waals surface area contributed by atoms with Gasteiger partial charge in [-0.3, -0.25) is 14.7 Å². The van der Waals surface area contributed by atoms with Gasteiger partial charge in [-0.1, -0.05) is 19.0 Å². The standard InChI is InChI=1S/C20H27N5O2/c1-14(2)18-22-19(27-23-18)17-6-4-10-25(17)16-7-11-24(12-8-16)20(26)15-5-3-9-21-13-15/h3,5,9,13-14,16-17H,4,6-8,10-12H2,1-2H3/t17-/m0/s1. The third kappa shape index (κ3) is 3.74. The summed E-state index contributed by atoms with van der Waals surface area (Å²) in [7, 11) is 0. The van der Waals surface area contributed by atoms with Crippen molar-refractivity contribution in [1.82, 2.24) is 24.9 Å². The highest BCUT2D eigenvalue weighted by atomic mass is 16.5. The molecule has 2 saturated heterocycles. The number of aromatic nitrogens is 3. The van der Waals surface area contributed by atoms with Gasteiger partial charge in [0, 0.05) is 37.4 Å². The molecule has 0 aromatic carbocycles. The van der Waals surface area contributed by atoms with E-state index < -0.39 is 0 Å². The van der Waals surface area contributed by atoms with Crippen molar-refractivity contribution in [3.05, 3.63) is 41.8 Å². The van der Waals surface area contributed by atoms with Gasteiger partial charge in [-0.15, -0.1) is 0 Å². The largest absolute Gasteiger partial charge is 0.338 e. The maximum atomic E-state index is 12.6. The van der Waals surface area contributed by atoms with E-state index in [2.05, 4.69) is 33.9 Å². The summed E-state index contributed by atoms with van der Waals surface area (Å²) >= 11 is 0. The number of carbonyl (C=O) groups excluding carboxylic acids is 1. The fourth-order valence-corrected chi connectivity index (χ4v) is 4.18. The van der Waals surface area contributed by atoms with Crippen LogP contribution in [0, 0.1) is 0 Å². The zero-order chi connectivity index (χ0) is 18.8. The van der Waals surface area contributed by atoms with Gasteiger partial charge in [-0.2, -0.15) is 4.98 Å². The average Bonchev–Trinajstić information content (AvgIpc) is 3.37. The number of rotatable bonds is 4. The van der Waals surface area contributed by atoms with Crippen molar-refractivity contribution in [1.29, 1.82) is 0 Å². The lowest BCUT2D eigenvalue weighted by Crippen LogP contribution is -2.46. The van der Waals surface area contributed by atoms with Gasteiger partial charge in [-0.25, -0.2) is 0 Å². The number of piperidine rings is 1. The lowest BCUT2D eigenvalue weighted by atomic mass is 10.0. The highest BCUT2D eigenvalue weighted by molar-refractivity contribution is 5.93. The van der Waals surface area contributed by atoms with Gasteiger partial charge in [0.1, 0.15) is 0 Å². The molecule has 2 fully saturated rings. The van der Waals surface area contributed by atoms with Crippen LogP contribution in [0.3, 0.4) is 0 Å². The molecule has 2 aromatic rings. The molecule has 0 radical (unpaired) electrons. The highest BCUT2D eigenvalue weighted by Crippen LogP contribution is 2.36. The minimum atomic E-state index is 0.0815. The number of amides is 1. The molecule has 0 aliphatic carbocycles. The summed E-state index contributed by atoms with van der Waals surface area (Å²) < 4.78 is 5.57. The second kappa shape index (κ2) is 7.76. The van der Waals surface area contributed by atoms with E-state index in [-0.39, 0.29) is 17.9 Å². The number of carbonyl (C=O) groups is 1. The second-order valence-electron chi connectivity index (χ2n) is 7.81. The minimum Gasteiger partial charge on any atom is -0.338 e. The van der Waals surface area contributed by atoms with Crippen LogP contribution in [-0.2, 0) is 0 Å². The van der Waals surface area contributed by atoms with Crippen LogP contribution in [0.1, 0.15) is 73.6 Å². The van der Waals surface area contributed by atoms with E-state index in [4.69, 9.17) is 4.52 Å². The van der Waals surface area contributed by atoms with Crippen LogP contribution in [0.25, 0.3) is 0 Å². The minimum absolute atomic E-state index is 0.0815. The van der Waals surface area contributed by atoms with Crippen molar-refractivity contribution < 1.29 is 9.32 Å². The summed E-state index contributed by atoms with van der Waals surface area (Å²) in [6.45, 7) is 6.78. The maximum absolute atomic E-state index is 12.6. The van der Waals surface area contributed by atoms with Crippen molar-refractivity contribution >= 4 is 5.91 Å². The molecule has 0 N–H and O–H groups in total. The van der Waals surface area contributed by atoms with Crippen molar-refractivity contribution in [3.63, 3.8) is 0 Å². The molecule has 4 heterocycles. The Morgan fingerprint density at radius 1 is 1.22 bits per heavy atom. The predicted octanol–water partition coefficient (Wildman–Crippen LogP) is 3.03. The Morgan fingerprint density at radius 3 is 2.70 bits per heavy atom. The summed E-state index contributed by atoms with van der Waals surface area (Å²) in [4.78, 5) is 25.8. The molecule has 0 unspecified atom stereocenters. The van der Waals surface area contributed by atoms with Gasteiger partial charge < -0.3 is 9.42 Å². The molecule has 0 saturated carbocycles. The lowest BCUT2D eigenvalue weighted by molar-refractivity contribution is 0.0574. The van der Waals surface area contributed by atoms with Crippen molar-refractivity contribution in [2.24, 2.45) is 0 Å². The fraction of sp³-hybridized carbons (Fsp3) is 0.600. The quantitative estimate of drug-likeness (QED) is 0.825. The molecular weight excluding hydrogens is 342 g/mol. The first-order valence-electron chi connectivity index (χ1n) is 9.92. The molecule has 1 amide bonds. The Hall–Kier alpha value is -2.28. The van der Waals surface area contributed by atoms with Gasteiger partial charge in [0.15, 0.2) is 5.82 Å². The van der Waals surface area contributed by atoms with Crippen LogP contribution < -0.4 is 0 Å². The van der Waals surface area contributed by atoms with E-state index >= 15 is 0 Å². The summed E-state index contributed by atoms with van der Waals surface area (Å²) in [5.74, 6) is 1.90. The molecule has 2 aliphatic rings. The third-order valence-electron chi connectivity index (χ3n) is 5.68. The summed E-state index contributed by atoms with van der Waals surface area (Å²) in [6, 6.07) is 4.32. The summed E-state index contributed by atoms with van der Waals surface area (Å²) in [6.07, 6.45) is 7.51. The zero-order valence-electron chi connectivity index (χ0n) is 16.0. The van der Waals surface area contributed by atoms with E-state index in [1.165, 1.54) is 0 Å². The lowest BCUT2D eigenvalue weighted by Gasteiger charge is -2.38. The van der Waals surface area contributed by atoms with Crippen LogP contribution in [0.2, 0.25) is 0 Å². The monoisotopic (exact) mass is 369 g/mol. The SMILES string of the molecule is CC(C)c1noc([C@@H]2CCCN2C2CCN(C(=O)c3cccnc3)CC2)n1. The van der Waals surface area contributed by atoms with Crippen molar-refractivity contribution in [2.75, 3.05) is 19.6 Å². The highest BCUT2D eigenvalue weighted by Gasteiger charge is 2.37. The fourth-order valence-electron chi connectivity index (χ4n) is 4.18. The molecule has 7 nitrogen and oxygen atoms in total. The van der Waals surface area contributed by atoms with E-state index in [9.17, 15) is 4.79 Å². The Morgan fingerprint density at radius 2 is 2.04 bits per heavy atom. The number of hydrogen-bond donors (Lipinski definition) is 0. The van der Waals surface area contributed by atoms with Gasteiger partial charge in [0.25, 0.3) is 5.91 Å². The smallest absolute Gasteiger partial charge is 0.255 e. The topological polar surface area (TPSA) is 75.4 Å². The number of pyridine rings is 1. The van der Waals surface area contributed by atoms with E-state index in [1.807, 2.05) is 17.0 Å². The van der Waals surface area contributed by atoms with Crippen LogP contribution in [0.5, 0.6) is 0 Å². The van der Waals surface area contributed by atoms with Gasteiger partial charge >= 0.3 is 0 Å². The van der Waals surface area contributed by atoms with Crippen molar-refractivity contribution in [3.8, 4) is 0 Å². The first kappa shape index (κ1) is 18.1. The average molecular weight is 369 g/mol. The summed E-state index contributed by atoms with van der Waals surface area (Å²) in [5.41, 5.74) is 0.669. The third-order valence-corrected chi connectivity index (χ3v) is 5.68.